The fourth-order valence-electron chi connectivity index (χ4n) is 0.920. The summed E-state index contributed by atoms with van der Waals surface area (Å²) in [6, 6.07) is 6.42. The topological polar surface area (TPSA) is 92.4 Å². The van der Waals surface area contributed by atoms with Crippen LogP contribution in [0.3, 0.4) is 0 Å². The summed E-state index contributed by atoms with van der Waals surface area (Å²) in [5.74, 6) is -2.11. The quantitative estimate of drug-likeness (QED) is 0.296. The van der Waals surface area contributed by atoms with Gasteiger partial charge in [-0.05, 0) is 18.2 Å². The molecule has 0 bridgehead atoms. The van der Waals surface area contributed by atoms with E-state index in [0.29, 0.717) is 11.4 Å². The molecule has 0 atom stereocenters. The third kappa shape index (κ3) is 2.84. The van der Waals surface area contributed by atoms with E-state index in [4.69, 9.17) is 10.8 Å². The molecular weight excluding hydrogens is 196 g/mol. The van der Waals surface area contributed by atoms with Crippen molar-refractivity contribution in [2.24, 2.45) is 0 Å². The van der Waals surface area contributed by atoms with Crippen molar-refractivity contribution in [3.63, 3.8) is 0 Å². The van der Waals surface area contributed by atoms with Crippen molar-refractivity contribution < 1.29 is 14.7 Å². The van der Waals surface area contributed by atoms with Gasteiger partial charge in [0.1, 0.15) is 5.57 Å². The number of carbonyl (C=O) groups is 2. The fraction of sp³-hybridized carbons (Fsp3) is 0. The lowest BCUT2D eigenvalue weighted by molar-refractivity contribution is -0.134. The van der Waals surface area contributed by atoms with E-state index < -0.39 is 17.4 Å². The normalized spacial score (nSPS) is 9.33. The molecule has 15 heavy (non-hydrogen) atoms. The smallest absolute Gasteiger partial charge is 0.340 e. The number of rotatable bonds is 3. The standard InChI is InChI=1S/C10H10N2O3/c1-6(10(14)15)9(13)12-8-4-2-3-7(11)5-8/h2-5H,1,11H2,(H,12,13)(H,14,15). The van der Waals surface area contributed by atoms with Gasteiger partial charge in [0, 0.05) is 11.4 Å². The van der Waals surface area contributed by atoms with Gasteiger partial charge in [0.25, 0.3) is 5.91 Å². The maximum absolute atomic E-state index is 11.2. The highest BCUT2D eigenvalue weighted by Crippen LogP contribution is 2.12. The molecule has 0 heterocycles. The average molecular weight is 206 g/mol. The first-order valence-corrected chi connectivity index (χ1v) is 4.10. The van der Waals surface area contributed by atoms with E-state index in [1.807, 2.05) is 0 Å². The summed E-state index contributed by atoms with van der Waals surface area (Å²) >= 11 is 0. The highest BCUT2D eigenvalue weighted by molar-refractivity contribution is 6.20. The molecule has 0 aliphatic rings. The Morgan fingerprint density at radius 2 is 2.07 bits per heavy atom. The molecule has 1 aromatic rings. The molecular formula is C10H10N2O3. The molecule has 0 aliphatic heterocycles. The van der Waals surface area contributed by atoms with Crippen molar-refractivity contribution in [2.75, 3.05) is 11.1 Å². The van der Waals surface area contributed by atoms with Gasteiger partial charge in [-0.3, -0.25) is 4.79 Å². The first kappa shape index (κ1) is 10.8. The van der Waals surface area contributed by atoms with E-state index in [-0.39, 0.29) is 0 Å². The number of hydrogen-bond donors (Lipinski definition) is 3. The van der Waals surface area contributed by atoms with Crippen LogP contribution in [-0.2, 0) is 9.59 Å². The zero-order valence-corrected chi connectivity index (χ0v) is 7.86. The summed E-state index contributed by atoms with van der Waals surface area (Å²) in [6.45, 7) is 3.13. The number of amides is 1. The zero-order valence-electron chi connectivity index (χ0n) is 7.86. The number of nitrogens with two attached hydrogens (primary N) is 1. The van der Waals surface area contributed by atoms with Gasteiger partial charge in [0.2, 0.25) is 0 Å². The number of carboxylic acids is 1. The van der Waals surface area contributed by atoms with Gasteiger partial charge in [-0.15, -0.1) is 0 Å². The Labute approximate surface area is 86.2 Å². The highest BCUT2D eigenvalue weighted by atomic mass is 16.4. The molecule has 0 radical (unpaired) electrons. The summed E-state index contributed by atoms with van der Waals surface area (Å²) in [7, 11) is 0. The summed E-state index contributed by atoms with van der Waals surface area (Å²) < 4.78 is 0. The van der Waals surface area contributed by atoms with E-state index in [0.717, 1.165) is 0 Å². The summed E-state index contributed by atoms with van der Waals surface area (Å²) in [4.78, 5) is 21.6. The molecule has 0 unspecified atom stereocenters. The minimum Gasteiger partial charge on any atom is -0.478 e. The first-order chi connectivity index (χ1) is 7.00. The maximum Gasteiger partial charge on any atom is 0.340 e. The number of aliphatic carboxylic acids is 1. The number of hydrogen-bond acceptors (Lipinski definition) is 3. The van der Waals surface area contributed by atoms with Gasteiger partial charge >= 0.3 is 5.97 Å². The molecule has 4 N–H and O–H groups in total. The van der Waals surface area contributed by atoms with E-state index in [1.54, 1.807) is 18.2 Å². The Bertz CT molecular complexity index is 426. The number of carbonyl (C=O) groups excluding carboxylic acids is 1. The Kier molecular flexibility index (Phi) is 3.07. The van der Waals surface area contributed by atoms with Crippen LogP contribution < -0.4 is 11.1 Å². The van der Waals surface area contributed by atoms with Crippen molar-refractivity contribution in [3.05, 3.63) is 36.4 Å². The van der Waals surface area contributed by atoms with Gasteiger partial charge in [-0.2, -0.15) is 0 Å². The predicted molar refractivity (Wildman–Crippen MR) is 56.3 cm³/mol. The largest absolute Gasteiger partial charge is 0.478 e. The molecule has 5 heteroatoms. The SMILES string of the molecule is C=C(C(=O)O)C(=O)Nc1cccc(N)c1. The van der Waals surface area contributed by atoms with Gasteiger partial charge in [0.15, 0.2) is 0 Å². The lowest BCUT2D eigenvalue weighted by Crippen LogP contribution is -2.19. The Morgan fingerprint density at radius 3 is 2.60 bits per heavy atom. The zero-order chi connectivity index (χ0) is 11.4. The van der Waals surface area contributed by atoms with Crippen molar-refractivity contribution in [1.82, 2.24) is 0 Å². The Hall–Kier alpha value is -2.30. The maximum atomic E-state index is 11.2. The first-order valence-electron chi connectivity index (χ1n) is 4.10. The highest BCUT2D eigenvalue weighted by Gasteiger charge is 2.13. The molecule has 1 amide bonds. The number of benzene rings is 1. The number of anilines is 2. The van der Waals surface area contributed by atoms with Crippen LogP contribution in [0.4, 0.5) is 11.4 Å². The van der Waals surface area contributed by atoms with Crippen LogP contribution in [-0.4, -0.2) is 17.0 Å². The van der Waals surface area contributed by atoms with Crippen molar-refractivity contribution in [1.29, 1.82) is 0 Å². The second kappa shape index (κ2) is 4.28. The predicted octanol–water partition coefficient (Wildman–Crippen LogP) is 0.848. The summed E-state index contributed by atoms with van der Waals surface area (Å²) in [5.41, 5.74) is 5.88. The molecule has 0 aliphatic carbocycles. The molecule has 0 saturated heterocycles. The van der Waals surface area contributed by atoms with Crippen LogP contribution in [0.1, 0.15) is 0 Å². The Morgan fingerprint density at radius 1 is 1.40 bits per heavy atom. The lowest BCUT2D eigenvalue weighted by Gasteiger charge is -2.04. The van der Waals surface area contributed by atoms with E-state index in [1.165, 1.54) is 6.07 Å². The summed E-state index contributed by atoms with van der Waals surface area (Å²) in [5, 5.41) is 10.9. The van der Waals surface area contributed by atoms with E-state index in [9.17, 15) is 9.59 Å². The molecule has 0 saturated carbocycles. The van der Waals surface area contributed by atoms with Crippen LogP contribution in [0.15, 0.2) is 36.4 Å². The van der Waals surface area contributed by atoms with Gasteiger partial charge < -0.3 is 16.2 Å². The van der Waals surface area contributed by atoms with Crippen LogP contribution in [0, 0.1) is 0 Å². The van der Waals surface area contributed by atoms with Crippen molar-refractivity contribution in [3.8, 4) is 0 Å². The molecule has 0 spiro atoms. The van der Waals surface area contributed by atoms with Crippen LogP contribution in [0.25, 0.3) is 0 Å². The monoisotopic (exact) mass is 206 g/mol. The minimum absolute atomic E-state index is 0.433. The van der Waals surface area contributed by atoms with Crippen LogP contribution in [0.5, 0.6) is 0 Å². The van der Waals surface area contributed by atoms with Crippen LogP contribution >= 0.6 is 0 Å². The Balaban J connectivity index is 2.75. The molecule has 0 fully saturated rings. The molecule has 1 rings (SSSR count). The molecule has 5 nitrogen and oxygen atoms in total. The minimum atomic E-state index is -1.35. The fourth-order valence-corrected chi connectivity index (χ4v) is 0.920. The van der Waals surface area contributed by atoms with Crippen molar-refractivity contribution >= 4 is 23.3 Å². The lowest BCUT2D eigenvalue weighted by atomic mass is 10.2. The summed E-state index contributed by atoms with van der Waals surface area (Å²) in [6.07, 6.45) is 0. The second-order valence-electron chi connectivity index (χ2n) is 2.86. The van der Waals surface area contributed by atoms with Gasteiger partial charge in [0.05, 0.1) is 0 Å². The number of carboxylic acid groups (broad SMARTS) is 1. The van der Waals surface area contributed by atoms with Crippen molar-refractivity contribution in [2.45, 2.75) is 0 Å². The average Bonchev–Trinajstić information content (AvgIpc) is 2.16. The van der Waals surface area contributed by atoms with Gasteiger partial charge in [-0.1, -0.05) is 12.6 Å². The second-order valence-corrected chi connectivity index (χ2v) is 2.86. The third-order valence-corrected chi connectivity index (χ3v) is 1.68. The van der Waals surface area contributed by atoms with Gasteiger partial charge in [-0.25, -0.2) is 4.79 Å². The van der Waals surface area contributed by atoms with E-state index in [2.05, 4.69) is 11.9 Å². The number of nitrogen functional groups attached to an aromatic ring is 1. The van der Waals surface area contributed by atoms with E-state index >= 15 is 0 Å². The van der Waals surface area contributed by atoms with Crippen LogP contribution in [0.2, 0.25) is 0 Å². The molecule has 0 aromatic heterocycles. The third-order valence-electron chi connectivity index (χ3n) is 1.68. The molecule has 1 aromatic carbocycles. The number of nitrogens with one attached hydrogen (secondary N) is 1. The molecule has 78 valence electrons.